The molecule has 156 valence electrons. The molecule has 0 aliphatic carbocycles. The van der Waals surface area contributed by atoms with Gasteiger partial charge < -0.3 is 5.32 Å². The molecule has 0 atom stereocenters. The number of carbonyl (C=O) groups excluding carboxylic acids is 1. The fourth-order valence-corrected chi connectivity index (χ4v) is 2.94. The van der Waals surface area contributed by atoms with Gasteiger partial charge in [-0.05, 0) is 35.4 Å². The normalized spacial score (nSPS) is 12.2. The molecule has 0 spiro atoms. The zero-order valence-corrected chi connectivity index (χ0v) is 17.4. The van der Waals surface area contributed by atoms with Crippen molar-refractivity contribution in [2.45, 2.75) is 32.7 Å². The van der Waals surface area contributed by atoms with Crippen molar-refractivity contribution in [3.63, 3.8) is 0 Å². The van der Waals surface area contributed by atoms with Crippen LogP contribution in [0.5, 0.6) is 0 Å². The van der Waals surface area contributed by atoms with Gasteiger partial charge >= 0.3 is 0 Å². The van der Waals surface area contributed by atoms with E-state index in [1.165, 1.54) is 6.08 Å². The highest BCUT2D eigenvalue weighted by Gasteiger charge is 2.15. The summed E-state index contributed by atoms with van der Waals surface area (Å²) in [7, 11) is -3.82. The molecule has 2 rings (SSSR count). The average Bonchev–Trinajstić information content (AvgIpc) is 2.60. The third kappa shape index (κ3) is 6.94. The standard InChI is InChI=1S/C20H23F2N3O3S/c1-20(2,3)17-7-5-13(11-23-17)6-8-18(26)24-12-14-9-15(21)19(16(22)10-14)25-29(4,27)28/h5-11,25H,12H2,1-4H3,(H,24,26). The number of hydrogen-bond donors (Lipinski definition) is 2. The zero-order chi connectivity index (χ0) is 21.8. The molecular formula is C20H23F2N3O3S. The van der Waals surface area contributed by atoms with Gasteiger partial charge in [0.25, 0.3) is 0 Å². The number of carbonyl (C=O) groups is 1. The Hall–Kier alpha value is -2.81. The molecule has 0 aliphatic heterocycles. The number of nitrogens with one attached hydrogen (secondary N) is 2. The van der Waals surface area contributed by atoms with Crippen LogP contribution in [0.15, 0.2) is 36.5 Å². The van der Waals surface area contributed by atoms with E-state index < -0.39 is 33.3 Å². The number of aromatic nitrogens is 1. The van der Waals surface area contributed by atoms with E-state index in [1.54, 1.807) is 17.0 Å². The summed E-state index contributed by atoms with van der Waals surface area (Å²) in [6.07, 6.45) is 5.32. The second-order valence-electron chi connectivity index (χ2n) is 7.59. The molecule has 29 heavy (non-hydrogen) atoms. The van der Waals surface area contributed by atoms with Crippen LogP contribution in [0.3, 0.4) is 0 Å². The maximum absolute atomic E-state index is 14.0. The zero-order valence-electron chi connectivity index (χ0n) is 16.6. The summed E-state index contributed by atoms with van der Waals surface area (Å²) >= 11 is 0. The van der Waals surface area contributed by atoms with Crippen LogP contribution in [0, 0.1) is 11.6 Å². The highest BCUT2D eigenvalue weighted by molar-refractivity contribution is 7.92. The molecule has 6 nitrogen and oxygen atoms in total. The van der Waals surface area contributed by atoms with E-state index in [-0.39, 0.29) is 17.5 Å². The number of rotatable bonds is 6. The maximum Gasteiger partial charge on any atom is 0.244 e. The van der Waals surface area contributed by atoms with Crippen LogP contribution in [0.4, 0.5) is 14.5 Å². The third-order valence-electron chi connectivity index (χ3n) is 3.84. The van der Waals surface area contributed by atoms with Gasteiger partial charge in [0.15, 0.2) is 11.6 Å². The molecule has 0 radical (unpaired) electrons. The minimum absolute atomic E-state index is 0.0729. The second-order valence-corrected chi connectivity index (χ2v) is 9.34. The van der Waals surface area contributed by atoms with Crippen LogP contribution < -0.4 is 10.0 Å². The van der Waals surface area contributed by atoms with Crippen LogP contribution >= 0.6 is 0 Å². The molecule has 2 aromatic rings. The Morgan fingerprint density at radius 3 is 2.28 bits per heavy atom. The largest absolute Gasteiger partial charge is 0.348 e. The van der Waals surface area contributed by atoms with Gasteiger partial charge in [0.05, 0.1) is 6.26 Å². The number of nitrogens with zero attached hydrogens (tertiary/aromatic N) is 1. The number of anilines is 1. The van der Waals surface area contributed by atoms with Gasteiger partial charge in [0.1, 0.15) is 5.69 Å². The first-order chi connectivity index (χ1) is 13.3. The molecule has 0 fully saturated rings. The van der Waals surface area contributed by atoms with E-state index in [0.717, 1.165) is 29.6 Å². The molecule has 9 heteroatoms. The summed E-state index contributed by atoms with van der Waals surface area (Å²) < 4.78 is 52.0. The molecule has 0 aliphatic rings. The molecule has 1 amide bonds. The van der Waals surface area contributed by atoms with Crippen molar-refractivity contribution in [2.24, 2.45) is 0 Å². The van der Waals surface area contributed by atoms with Crippen molar-refractivity contribution in [1.29, 1.82) is 0 Å². The highest BCUT2D eigenvalue weighted by Crippen LogP contribution is 2.22. The number of pyridine rings is 1. The fraction of sp³-hybridized carbons (Fsp3) is 0.300. The van der Waals surface area contributed by atoms with Gasteiger partial charge in [-0.25, -0.2) is 17.2 Å². The van der Waals surface area contributed by atoms with Gasteiger partial charge in [-0.3, -0.25) is 14.5 Å². The first-order valence-electron chi connectivity index (χ1n) is 8.73. The van der Waals surface area contributed by atoms with Crippen LogP contribution in [0.2, 0.25) is 0 Å². The first-order valence-corrected chi connectivity index (χ1v) is 10.6. The van der Waals surface area contributed by atoms with Crippen molar-refractivity contribution in [3.05, 3.63) is 65.0 Å². The molecule has 0 saturated heterocycles. The lowest BCUT2D eigenvalue weighted by atomic mass is 9.91. The van der Waals surface area contributed by atoms with Gasteiger partial charge in [-0.2, -0.15) is 0 Å². The van der Waals surface area contributed by atoms with Crippen molar-refractivity contribution in [2.75, 3.05) is 11.0 Å². The Morgan fingerprint density at radius 2 is 1.79 bits per heavy atom. The van der Waals surface area contributed by atoms with Crippen molar-refractivity contribution < 1.29 is 22.0 Å². The molecule has 0 bridgehead atoms. The molecule has 2 N–H and O–H groups in total. The number of benzene rings is 1. The van der Waals surface area contributed by atoms with E-state index in [9.17, 15) is 22.0 Å². The van der Waals surface area contributed by atoms with Gasteiger partial charge in [-0.15, -0.1) is 0 Å². The van der Waals surface area contributed by atoms with E-state index >= 15 is 0 Å². The van der Waals surface area contributed by atoms with Crippen LogP contribution in [0.1, 0.15) is 37.6 Å². The molecular weight excluding hydrogens is 400 g/mol. The smallest absolute Gasteiger partial charge is 0.244 e. The fourth-order valence-electron chi connectivity index (χ4n) is 2.38. The molecule has 0 unspecified atom stereocenters. The van der Waals surface area contributed by atoms with E-state index in [2.05, 4.69) is 10.3 Å². The lowest BCUT2D eigenvalue weighted by Crippen LogP contribution is -2.21. The maximum atomic E-state index is 14.0. The predicted molar refractivity (Wildman–Crippen MR) is 109 cm³/mol. The lowest BCUT2D eigenvalue weighted by Gasteiger charge is -2.17. The summed E-state index contributed by atoms with van der Waals surface area (Å²) in [6, 6.07) is 5.64. The Morgan fingerprint density at radius 1 is 1.17 bits per heavy atom. The predicted octanol–water partition coefficient (Wildman–Crippen LogP) is 3.36. The van der Waals surface area contributed by atoms with Gasteiger partial charge in [0, 0.05) is 29.9 Å². The number of sulfonamides is 1. The van der Waals surface area contributed by atoms with Crippen molar-refractivity contribution in [1.82, 2.24) is 10.3 Å². The quantitative estimate of drug-likeness (QED) is 0.698. The Bertz CT molecular complexity index is 1000. The molecule has 1 aromatic carbocycles. The molecule has 1 heterocycles. The summed E-state index contributed by atoms with van der Waals surface area (Å²) in [5, 5.41) is 2.51. The summed E-state index contributed by atoms with van der Waals surface area (Å²) in [5.41, 5.74) is 0.986. The monoisotopic (exact) mass is 423 g/mol. The first kappa shape index (κ1) is 22.5. The van der Waals surface area contributed by atoms with Crippen LogP contribution in [-0.4, -0.2) is 25.6 Å². The van der Waals surface area contributed by atoms with Crippen LogP contribution in [-0.2, 0) is 26.8 Å². The Labute approximate surface area is 169 Å². The Kier molecular flexibility index (Phi) is 6.73. The summed E-state index contributed by atoms with van der Waals surface area (Å²) in [6.45, 7) is 6.02. The highest BCUT2D eigenvalue weighted by atomic mass is 32.2. The molecule has 0 saturated carbocycles. The van der Waals surface area contributed by atoms with Crippen molar-refractivity contribution in [3.8, 4) is 0 Å². The molecule has 1 aromatic heterocycles. The number of amides is 1. The SMILES string of the molecule is CC(C)(C)c1ccc(C=CC(=O)NCc2cc(F)c(NS(C)(=O)=O)c(F)c2)cn1. The third-order valence-corrected chi connectivity index (χ3v) is 4.41. The van der Waals surface area contributed by atoms with Gasteiger partial charge in [-0.1, -0.05) is 26.8 Å². The summed E-state index contributed by atoms with van der Waals surface area (Å²) in [5.74, 6) is -2.59. The van der Waals surface area contributed by atoms with Gasteiger partial charge in [0.2, 0.25) is 15.9 Å². The number of hydrogen-bond acceptors (Lipinski definition) is 4. The lowest BCUT2D eigenvalue weighted by molar-refractivity contribution is -0.116. The number of halogens is 2. The Balaban J connectivity index is 1.99. The van der Waals surface area contributed by atoms with E-state index in [0.29, 0.717) is 0 Å². The average molecular weight is 423 g/mol. The van der Waals surface area contributed by atoms with E-state index in [4.69, 9.17) is 0 Å². The second kappa shape index (κ2) is 8.69. The van der Waals surface area contributed by atoms with Crippen molar-refractivity contribution >= 4 is 27.7 Å². The summed E-state index contributed by atoms with van der Waals surface area (Å²) in [4.78, 5) is 16.3. The minimum atomic E-state index is -3.82. The topological polar surface area (TPSA) is 88.2 Å². The van der Waals surface area contributed by atoms with Crippen LogP contribution in [0.25, 0.3) is 6.08 Å². The van der Waals surface area contributed by atoms with E-state index in [1.807, 2.05) is 32.9 Å². The minimum Gasteiger partial charge on any atom is -0.348 e.